The second-order valence-corrected chi connectivity index (χ2v) is 5.88. The standard InChI is InChI=1S/C20H18N4O/c25-20(10-13-23-12-9-16-3-1-2-4-19(16)23)22-17-5-7-18(8-6-17)24-14-11-21-15-24/h1-9,11-12,14-15H,10,13H2,(H,22,25). The van der Waals surface area contributed by atoms with Gasteiger partial charge in [-0.1, -0.05) is 18.2 Å². The highest BCUT2D eigenvalue weighted by Crippen LogP contribution is 2.16. The van der Waals surface area contributed by atoms with Crippen molar-refractivity contribution in [1.82, 2.24) is 14.1 Å². The van der Waals surface area contributed by atoms with Crippen LogP contribution in [0.4, 0.5) is 5.69 Å². The van der Waals surface area contributed by atoms with E-state index < -0.39 is 0 Å². The summed E-state index contributed by atoms with van der Waals surface area (Å²) in [5, 5.41) is 4.14. The Morgan fingerprint density at radius 2 is 1.84 bits per heavy atom. The molecular weight excluding hydrogens is 312 g/mol. The van der Waals surface area contributed by atoms with Gasteiger partial charge in [0.05, 0.1) is 6.33 Å². The van der Waals surface area contributed by atoms with E-state index in [0.717, 1.165) is 16.9 Å². The molecule has 0 fully saturated rings. The summed E-state index contributed by atoms with van der Waals surface area (Å²) in [5.74, 6) is 0.00756. The van der Waals surface area contributed by atoms with Crippen molar-refractivity contribution < 1.29 is 4.79 Å². The maximum Gasteiger partial charge on any atom is 0.226 e. The third kappa shape index (κ3) is 3.30. The summed E-state index contributed by atoms with van der Waals surface area (Å²) in [4.78, 5) is 16.2. The molecule has 1 amide bonds. The fourth-order valence-electron chi connectivity index (χ4n) is 2.91. The van der Waals surface area contributed by atoms with Gasteiger partial charge in [-0.2, -0.15) is 0 Å². The fraction of sp³-hybridized carbons (Fsp3) is 0.100. The summed E-state index contributed by atoms with van der Waals surface area (Å²) in [6.45, 7) is 0.659. The van der Waals surface area contributed by atoms with Crippen LogP contribution in [0.5, 0.6) is 0 Å². The monoisotopic (exact) mass is 330 g/mol. The quantitative estimate of drug-likeness (QED) is 0.604. The number of para-hydroxylation sites is 1. The largest absolute Gasteiger partial charge is 0.347 e. The summed E-state index contributed by atoms with van der Waals surface area (Å²) in [6.07, 6.45) is 7.82. The molecule has 4 aromatic rings. The number of aryl methyl sites for hydroxylation is 1. The van der Waals surface area contributed by atoms with Gasteiger partial charge in [0.25, 0.3) is 0 Å². The van der Waals surface area contributed by atoms with Gasteiger partial charge < -0.3 is 14.5 Å². The Hall–Kier alpha value is -3.34. The molecule has 0 saturated carbocycles. The summed E-state index contributed by atoms with van der Waals surface area (Å²) >= 11 is 0. The molecule has 0 spiro atoms. The molecule has 0 bridgehead atoms. The molecule has 0 aliphatic carbocycles. The second kappa shape index (κ2) is 6.65. The van der Waals surface area contributed by atoms with Crippen molar-refractivity contribution in [2.75, 3.05) is 5.32 Å². The number of carbonyl (C=O) groups excluding carboxylic acids is 1. The lowest BCUT2D eigenvalue weighted by atomic mass is 10.2. The molecule has 0 radical (unpaired) electrons. The van der Waals surface area contributed by atoms with Gasteiger partial charge in [0.2, 0.25) is 5.91 Å². The van der Waals surface area contributed by atoms with Gasteiger partial charge in [-0.15, -0.1) is 0 Å². The Kier molecular flexibility index (Phi) is 4.04. The van der Waals surface area contributed by atoms with E-state index in [1.807, 2.05) is 53.4 Å². The van der Waals surface area contributed by atoms with Crippen LogP contribution >= 0.6 is 0 Å². The Bertz CT molecular complexity index is 984. The molecule has 2 aromatic carbocycles. The molecule has 4 rings (SSSR count). The van der Waals surface area contributed by atoms with E-state index in [9.17, 15) is 4.79 Å². The van der Waals surface area contributed by atoms with Crippen molar-refractivity contribution in [3.63, 3.8) is 0 Å². The number of benzene rings is 2. The van der Waals surface area contributed by atoms with E-state index >= 15 is 0 Å². The summed E-state index contributed by atoms with van der Waals surface area (Å²) in [5.41, 5.74) is 2.96. The first kappa shape index (κ1) is 15.2. The van der Waals surface area contributed by atoms with E-state index in [-0.39, 0.29) is 5.91 Å². The fourth-order valence-corrected chi connectivity index (χ4v) is 2.91. The summed E-state index contributed by atoms with van der Waals surface area (Å²) in [6, 6.07) is 18.0. The van der Waals surface area contributed by atoms with Crippen LogP contribution in [0.15, 0.2) is 79.5 Å². The number of carbonyl (C=O) groups is 1. The lowest BCUT2D eigenvalue weighted by molar-refractivity contribution is -0.116. The number of imidazole rings is 1. The molecule has 2 heterocycles. The average molecular weight is 330 g/mol. The molecule has 124 valence electrons. The minimum Gasteiger partial charge on any atom is -0.347 e. The van der Waals surface area contributed by atoms with Crippen LogP contribution in [-0.2, 0) is 11.3 Å². The van der Waals surface area contributed by atoms with Crippen LogP contribution in [0.3, 0.4) is 0 Å². The Labute approximate surface area is 145 Å². The predicted octanol–water partition coefficient (Wildman–Crippen LogP) is 3.86. The van der Waals surface area contributed by atoms with Crippen LogP contribution in [-0.4, -0.2) is 20.0 Å². The second-order valence-electron chi connectivity index (χ2n) is 5.88. The maximum absolute atomic E-state index is 12.2. The molecule has 0 atom stereocenters. The lowest BCUT2D eigenvalue weighted by Crippen LogP contribution is -2.14. The highest BCUT2D eigenvalue weighted by molar-refractivity contribution is 5.91. The molecule has 5 heteroatoms. The van der Waals surface area contributed by atoms with E-state index in [0.29, 0.717) is 13.0 Å². The van der Waals surface area contributed by atoms with E-state index in [1.54, 1.807) is 12.5 Å². The smallest absolute Gasteiger partial charge is 0.226 e. The number of nitrogens with one attached hydrogen (secondary N) is 1. The van der Waals surface area contributed by atoms with Gasteiger partial charge in [0.1, 0.15) is 0 Å². The van der Waals surface area contributed by atoms with Crippen LogP contribution in [0, 0.1) is 0 Å². The molecule has 0 aliphatic rings. The SMILES string of the molecule is O=C(CCn1ccc2ccccc21)Nc1ccc(-n2ccnc2)cc1. The third-order valence-corrected chi connectivity index (χ3v) is 4.21. The zero-order chi connectivity index (χ0) is 17.1. The van der Waals surface area contributed by atoms with Crippen molar-refractivity contribution in [2.45, 2.75) is 13.0 Å². The van der Waals surface area contributed by atoms with Gasteiger partial charge >= 0.3 is 0 Å². The Morgan fingerprint density at radius 3 is 2.64 bits per heavy atom. The number of hydrogen-bond acceptors (Lipinski definition) is 2. The Balaban J connectivity index is 1.37. The van der Waals surface area contributed by atoms with Gasteiger partial charge in [-0.05, 0) is 41.8 Å². The number of hydrogen-bond donors (Lipinski definition) is 1. The topological polar surface area (TPSA) is 51.9 Å². The number of anilines is 1. The molecule has 0 unspecified atom stereocenters. The third-order valence-electron chi connectivity index (χ3n) is 4.21. The summed E-state index contributed by atoms with van der Waals surface area (Å²) < 4.78 is 4.03. The summed E-state index contributed by atoms with van der Waals surface area (Å²) in [7, 11) is 0. The first-order valence-corrected chi connectivity index (χ1v) is 8.22. The van der Waals surface area contributed by atoms with E-state index in [1.165, 1.54) is 5.39 Å². The van der Waals surface area contributed by atoms with Crippen molar-refractivity contribution in [3.05, 3.63) is 79.5 Å². The van der Waals surface area contributed by atoms with Crippen LogP contribution in [0.25, 0.3) is 16.6 Å². The maximum atomic E-state index is 12.2. The lowest BCUT2D eigenvalue weighted by Gasteiger charge is -2.08. The van der Waals surface area contributed by atoms with Crippen LogP contribution in [0.2, 0.25) is 0 Å². The van der Waals surface area contributed by atoms with Crippen LogP contribution < -0.4 is 5.32 Å². The van der Waals surface area contributed by atoms with Gasteiger partial charge in [0.15, 0.2) is 0 Å². The zero-order valence-corrected chi connectivity index (χ0v) is 13.7. The minimum atomic E-state index is 0.00756. The normalized spacial score (nSPS) is 10.9. The van der Waals surface area contributed by atoms with Gasteiger partial charge in [0, 0.05) is 48.4 Å². The molecule has 5 nitrogen and oxygen atoms in total. The highest BCUT2D eigenvalue weighted by atomic mass is 16.1. The number of fused-ring (bicyclic) bond motifs is 1. The highest BCUT2D eigenvalue weighted by Gasteiger charge is 2.05. The van der Waals surface area contributed by atoms with Gasteiger partial charge in [-0.3, -0.25) is 4.79 Å². The minimum absolute atomic E-state index is 0.00756. The molecule has 25 heavy (non-hydrogen) atoms. The number of rotatable bonds is 5. The molecule has 0 saturated heterocycles. The van der Waals surface area contributed by atoms with E-state index in [2.05, 4.69) is 33.1 Å². The Morgan fingerprint density at radius 1 is 1.00 bits per heavy atom. The van der Waals surface area contributed by atoms with Crippen molar-refractivity contribution in [1.29, 1.82) is 0 Å². The average Bonchev–Trinajstić information content (AvgIpc) is 3.31. The predicted molar refractivity (Wildman–Crippen MR) is 98.7 cm³/mol. The molecule has 1 N–H and O–H groups in total. The molecule has 0 aliphatic heterocycles. The first-order valence-electron chi connectivity index (χ1n) is 8.22. The van der Waals surface area contributed by atoms with E-state index in [4.69, 9.17) is 0 Å². The van der Waals surface area contributed by atoms with Crippen molar-refractivity contribution in [3.8, 4) is 5.69 Å². The van der Waals surface area contributed by atoms with Gasteiger partial charge in [-0.25, -0.2) is 4.98 Å². The first-order chi connectivity index (χ1) is 12.3. The van der Waals surface area contributed by atoms with Crippen molar-refractivity contribution >= 4 is 22.5 Å². The molecule has 2 aromatic heterocycles. The number of amides is 1. The number of nitrogens with zero attached hydrogens (tertiary/aromatic N) is 3. The zero-order valence-electron chi connectivity index (χ0n) is 13.7. The van der Waals surface area contributed by atoms with Crippen molar-refractivity contribution in [2.24, 2.45) is 0 Å². The van der Waals surface area contributed by atoms with Crippen LogP contribution in [0.1, 0.15) is 6.42 Å². The number of aromatic nitrogens is 3. The molecular formula is C20H18N4O.